The Morgan fingerprint density at radius 3 is 2.62 bits per heavy atom. The van der Waals surface area contributed by atoms with Gasteiger partial charge in [0.2, 0.25) is 5.91 Å². The molecule has 3 rings (SSSR count). The number of carbonyl (C=O) groups is 3. The monoisotopic (exact) mass is 494 g/mol. The second kappa shape index (κ2) is 11.4. The summed E-state index contributed by atoms with van der Waals surface area (Å²) >= 11 is 1.50. The highest BCUT2D eigenvalue weighted by Crippen LogP contribution is 2.45. The highest BCUT2D eigenvalue weighted by atomic mass is 32.1. The number of urea groups is 1. The van der Waals surface area contributed by atoms with Crippen LogP contribution < -0.4 is 16.4 Å². The molecule has 1 aliphatic heterocycles. The lowest BCUT2D eigenvalue weighted by atomic mass is 9.74. The van der Waals surface area contributed by atoms with Gasteiger partial charge in [0.1, 0.15) is 5.00 Å². The summed E-state index contributed by atoms with van der Waals surface area (Å²) in [5.41, 5.74) is 8.02. The number of imide groups is 1. The van der Waals surface area contributed by atoms with Crippen LogP contribution in [0.5, 0.6) is 0 Å². The number of amides is 4. The molecule has 3 atom stereocenters. The topological polar surface area (TPSA) is 120 Å². The van der Waals surface area contributed by atoms with E-state index in [0.29, 0.717) is 55.8 Å². The maximum absolute atomic E-state index is 13.5. The number of nitrogens with zero attached hydrogens (tertiary/aromatic N) is 3. The van der Waals surface area contributed by atoms with Gasteiger partial charge < -0.3 is 25.6 Å². The molecule has 2 heterocycles. The van der Waals surface area contributed by atoms with E-state index in [2.05, 4.69) is 15.5 Å². The summed E-state index contributed by atoms with van der Waals surface area (Å²) in [7, 11) is 7.26. The van der Waals surface area contributed by atoms with Crippen LogP contribution in [0.2, 0.25) is 0 Å². The van der Waals surface area contributed by atoms with E-state index in [4.69, 9.17) is 10.5 Å². The fourth-order valence-corrected chi connectivity index (χ4v) is 6.19. The standard InChI is InChI=1S/C23H38N6O4S/c1-6-8-29(22(31)25-7-9-27(2)3)21(30)15-10-14-11-16-18(12-17(14)28(4)13-15)34-20(19(16)24)26-23(32)33-5/h14-15,17H,6-13,24H2,1-5H3,(H,25,31)(H,26,32)/t14-,15-,17-/m1/s1. The van der Waals surface area contributed by atoms with Crippen molar-refractivity contribution in [1.82, 2.24) is 20.0 Å². The Morgan fingerprint density at radius 2 is 1.97 bits per heavy atom. The van der Waals surface area contributed by atoms with Crippen LogP contribution in [0.25, 0.3) is 0 Å². The normalized spacial score (nSPS) is 22.0. The molecule has 190 valence electrons. The van der Waals surface area contributed by atoms with Gasteiger partial charge in [0.05, 0.1) is 18.7 Å². The van der Waals surface area contributed by atoms with Crippen molar-refractivity contribution in [3.63, 3.8) is 0 Å². The molecule has 0 saturated carbocycles. The summed E-state index contributed by atoms with van der Waals surface area (Å²) in [5.74, 6) is -0.0959. The molecule has 1 aromatic heterocycles. The number of nitrogen functional groups attached to an aromatic ring is 1. The van der Waals surface area contributed by atoms with Crippen molar-refractivity contribution in [3.8, 4) is 0 Å². The van der Waals surface area contributed by atoms with E-state index < -0.39 is 6.09 Å². The van der Waals surface area contributed by atoms with Crippen LogP contribution in [0, 0.1) is 11.8 Å². The number of likely N-dealkylation sites (tertiary alicyclic amines) is 1. The predicted molar refractivity (Wildman–Crippen MR) is 134 cm³/mol. The van der Waals surface area contributed by atoms with Crippen LogP contribution in [0.4, 0.5) is 20.3 Å². The second-order valence-electron chi connectivity index (χ2n) is 9.50. The number of ether oxygens (including phenoxy) is 1. The Kier molecular flexibility index (Phi) is 8.78. The minimum Gasteiger partial charge on any atom is -0.453 e. The third-order valence-electron chi connectivity index (χ3n) is 6.74. The van der Waals surface area contributed by atoms with E-state index in [-0.39, 0.29) is 23.8 Å². The molecule has 0 unspecified atom stereocenters. The van der Waals surface area contributed by atoms with Gasteiger partial charge in [0.25, 0.3) is 0 Å². The first-order chi connectivity index (χ1) is 16.2. The van der Waals surface area contributed by atoms with Gasteiger partial charge in [0, 0.05) is 37.1 Å². The van der Waals surface area contributed by atoms with Gasteiger partial charge in [-0.15, -0.1) is 11.3 Å². The Morgan fingerprint density at radius 1 is 1.24 bits per heavy atom. The minimum absolute atomic E-state index is 0.105. The average Bonchev–Trinajstić information content (AvgIpc) is 3.09. The minimum atomic E-state index is -0.537. The van der Waals surface area contributed by atoms with Crippen LogP contribution in [0.3, 0.4) is 0 Å². The van der Waals surface area contributed by atoms with Crippen molar-refractivity contribution in [2.75, 3.05) is 65.5 Å². The fraction of sp³-hybridized carbons (Fsp3) is 0.696. The first-order valence-corrected chi connectivity index (χ1v) is 12.7. The number of carbonyl (C=O) groups excluding carboxylic acids is 3. The SMILES string of the molecule is CCCN(C(=O)NCCN(C)C)C(=O)[C@@H]1C[C@@H]2Cc3c(sc(NC(=O)OC)c3N)C[C@H]2N(C)C1. The number of hydrogen-bond donors (Lipinski definition) is 3. The molecule has 0 radical (unpaired) electrons. The Labute approximate surface area is 205 Å². The Balaban J connectivity index is 1.72. The fourth-order valence-electron chi connectivity index (χ4n) is 5.00. The number of methoxy groups -OCH3 is 1. The molecule has 0 spiro atoms. The number of hydrogen-bond acceptors (Lipinski definition) is 8. The molecular formula is C23H38N6O4S. The van der Waals surface area contributed by atoms with E-state index >= 15 is 0 Å². The van der Waals surface area contributed by atoms with Gasteiger partial charge >= 0.3 is 12.1 Å². The quantitative estimate of drug-likeness (QED) is 0.531. The van der Waals surface area contributed by atoms with Crippen molar-refractivity contribution in [2.45, 2.75) is 38.6 Å². The summed E-state index contributed by atoms with van der Waals surface area (Å²) in [5, 5.41) is 6.21. The zero-order chi connectivity index (χ0) is 25.0. The summed E-state index contributed by atoms with van der Waals surface area (Å²) in [6.45, 7) is 4.21. The molecule has 2 aliphatic rings. The third kappa shape index (κ3) is 5.81. The van der Waals surface area contributed by atoms with Gasteiger partial charge in [-0.1, -0.05) is 6.92 Å². The van der Waals surface area contributed by atoms with E-state index in [1.165, 1.54) is 28.2 Å². The number of anilines is 2. The van der Waals surface area contributed by atoms with Crippen LogP contribution in [-0.2, 0) is 22.4 Å². The molecule has 0 bridgehead atoms. The average molecular weight is 495 g/mol. The molecular weight excluding hydrogens is 456 g/mol. The van der Waals surface area contributed by atoms with Crippen molar-refractivity contribution in [1.29, 1.82) is 0 Å². The number of piperidine rings is 1. The van der Waals surface area contributed by atoms with Crippen LogP contribution in [0.15, 0.2) is 0 Å². The van der Waals surface area contributed by atoms with Gasteiger partial charge in [-0.2, -0.15) is 0 Å². The maximum Gasteiger partial charge on any atom is 0.412 e. The molecule has 0 aromatic carbocycles. The van der Waals surface area contributed by atoms with Crippen molar-refractivity contribution in [3.05, 3.63) is 10.4 Å². The molecule has 34 heavy (non-hydrogen) atoms. The maximum atomic E-state index is 13.5. The Bertz CT molecular complexity index is 904. The first kappa shape index (κ1) is 26.2. The summed E-state index contributed by atoms with van der Waals surface area (Å²) in [6.07, 6.45) is 2.48. The molecule has 1 fully saturated rings. The highest BCUT2D eigenvalue weighted by Gasteiger charge is 2.43. The molecule has 1 aliphatic carbocycles. The lowest BCUT2D eigenvalue weighted by Crippen LogP contribution is -2.55. The van der Waals surface area contributed by atoms with Gasteiger partial charge in [-0.3, -0.25) is 15.0 Å². The van der Waals surface area contributed by atoms with Crippen molar-refractivity contribution >= 4 is 40.1 Å². The molecule has 10 nitrogen and oxygen atoms in total. The Hall–Kier alpha value is -2.37. The molecule has 1 aromatic rings. The molecule has 4 amide bonds. The van der Waals surface area contributed by atoms with Gasteiger partial charge in [0.15, 0.2) is 0 Å². The van der Waals surface area contributed by atoms with Gasteiger partial charge in [-0.05, 0) is 58.3 Å². The number of thiophene rings is 1. The van der Waals surface area contributed by atoms with E-state index in [9.17, 15) is 14.4 Å². The first-order valence-electron chi connectivity index (χ1n) is 11.8. The van der Waals surface area contributed by atoms with Crippen molar-refractivity contribution < 1.29 is 19.1 Å². The summed E-state index contributed by atoms with van der Waals surface area (Å²) in [4.78, 5) is 44.7. The van der Waals surface area contributed by atoms with Gasteiger partial charge in [-0.25, -0.2) is 9.59 Å². The number of nitrogens with two attached hydrogens (primary N) is 1. The molecule has 4 N–H and O–H groups in total. The third-order valence-corrected chi connectivity index (χ3v) is 7.93. The zero-order valence-corrected chi connectivity index (χ0v) is 21.7. The summed E-state index contributed by atoms with van der Waals surface area (Å²) in [6, 6.07) is -0.0147. The van der Waals surface area contributed by atoms with Crippen molar-refractivity contribution in [2.24, 2.45) is 11.8 Å². The molecule has 11 heteroatoms. The number of rotatable bonds is 7. The summed E-state index contributed by atoms with van der Waals surface area (Å²) < 4.78 is 4.71. The van der Waals surface area contributed by atoms with Crippen LogP contribution >= 0.6 is 11.3 Å². The van der Waals surface area contributed by atoms with E-state index in [1.54, 1.807) is 0 Å². The second-order valence-corrected chi connectivity index (χ2v) is 10.6. The van der Waals surface area contributed by atoms with E-state index in [0.717, 1.165) is 18.4 Å². The zero-order valence-electron chi connectivity index (χ0n) is 20.8. The van der Waals surface area contributed by atoms with Crippen LogP contribution in [0.1, 0.15) is 30.2 Å². The molecule has 1 saturated heterocycles. The predicted octanol–water partition coefficient (Wildman–Crippen LogP) is 2.05. The highest BCUT2D eigenvalue weighted by molar-refractivity contribution is 7.17. The number of fused-ring (bicyclic) bond motifs is 2. The number of likely N-dealkylation sites (N-methyl/N-ethyl adjacent to an activating group) is 2. The number of nitrogens with one attached hydrogen (secondary N) is 2. The van der Waals surface area contributed by atoms with Crippen LogP contribution in [-0.4, -0.2) is 93.2 Å². The largest absolute Gasteiger partial charge is 0.453 e. The smallest absolute Gasteiger partial charge is 0.412 e. The lowest BCUT2D eigenvalue weighted by Gasteiger charge is -2.45. The lowest BCUT2D eigenvalue weighted by molar-refractivity contribution is -0.136. The van der Waals surface area contributed by atoms with E-state index in [1.807, 2.05) is 33.0 Å².